The molecule has 50 heavy (non-hydrogen) atoms. The van der Waals surface area contributed by atoms with E-state index in [1.165, 1.54) is 59.7 Å². The normalized spacial score (nSPS) is 24.1. The van der Waals surface area contributed by atoms with Crippen LogP contribution in [0.1, 0.15) is 43.2 Å². The molecular formula is C46H36N4. The average Bonchev–Trinajstić information content (AvgIpc) is 3.48. The highest BCUT2D eigenvalue weighted by Gasteiger charge is 2.61. The van der Waals surface area contributed by atoms with E-state index in [4.69, 9.17) is 15.0 Å². The molecule has 0 atom stereocenters. The Balaban J connectivity index is 1.12. The van der Waals surface area contributed by atoms with Crippen molar-refractivity contribution in [2.75, 3.05) is 0 Å². The highest BCUT2D eigenvalue weighted by molar-refractivity contribution is 6.07. The van der Waals surface area contributed by atoms with Crippen LogP contribution in [-0.4, -0.2) is 19.9 Å². The number of rotatable bonds is 4. The van der Waals surface area contributed by atoms with Gasteiger partial charge in [0.2, 0.25) is 0 Å². The number of hydrogen-bond acceptors (Lipinski definition) is 4. The molecule has 5 aromatic carbocycles. The zero-order chi connectivity index (χ0) is 32.8. The van der Waals surface area contributed by atoms with Gasteiger partial charge in [0.05, 0.1) is 0 Å². The van der Waals surface area contributed by atoms with Crippen LogP contribution in [0.4, 0.5) is 0 Å². The van der Waals surface area contributed by atoms with Crippen molar-refractivity contribution < 1.29 is 0 Å². The van der Waals surface area contributed by atoms with Crippen LogP contribution in [0.25, 0.3) is 67.3 Å². The Labute approximate surface area is 292 Å². The lowest BCUT2D eigenvalue weighted by Gasteiger charge is -2.61. The predicted octanol–water partition coefficient (Wildman–Crippen LogP) is 10.8. The Morgan fingerprint density at radius 2 is 1.06 bits per heavy atom. The Hall–Kier alpha value is -5.48. The lowest BCUT2D eigenvalue weighted by molar-refractivity contribution is -0.0399. The van der Waals surface area contributed by atoms with Crippen LogP contribution in [-0.2, 0) is 5.41 Å². The second kappa shape index (κ2) is 10.8. The second-order valence-electron chi connectivity index (χ2n) is 15.0. The minimum Gasteiger partial charge on any atom is -0.253 e. The fourth-order valence-corrected chi connectivity index (χ4v) is 11.0. The molecule has 4 bridgehead atoms. The van der Waals surface area contributed by atoms with Crippen molar-refractivity contribution in [1.29, 1.82) is 0 Å². The van der Waals surface area contributed by atoms with Gasteiger partial charge < -0.3 is 0 Å². The first-order valence-corrected chi connectivity index (χ1v) is 18.2. The molecule has 4 heteroatoms. The van der Waals surface area contributed by atoms with Gasteiger partial charge in [0.25, 0.3) is 0 Å². The van der Waals surface area contributed by atoms with E-state index in [1.54, 1.807) is 17.3 Å². The molecule has 1 spiro atoms. The molecule has 4 saturated carbocycles. The predicted molar refractivity (Wildman–Crippen MR) is 200 cm³/mol. The van der Waals surface area contributed by atoms with Crippen LogP contribution >= 0.6 is 0 Å². The van der Waals surface area contributed by atoms with Crippen LogP contribution in [0.2, 0.25) is 0 Å². The van der Waals surface area contributed by atoms with Crippen LogP contribution in [0.5, 0.6) is 0 Å². The third-order valence-corrected chi connectivity index (χ3v) is 12.6. The van der Waals surface area contributed by atoms with Gasteiger partial charge in [-0.3, -0.25) is 4.98 Å². The maximum atomic E-state index is 5.09. The highest BCUT2D eigenvalue weighted by Crippen LogP contribution is 2.70. The SMILES string of the molecule is c1ccc(-c2nc(-c3ccccn3)nc(-c3ccc(-c4cccc5c4-c4ccccc4C54C5CC6CC(C5)CC4C6)c4ccccc34)n2)cc1. The Bertz CT molecular complexity index is 2370. The van der Waals surface area contributed by atoms with E-state index < -0.39 is 0 Å². The standard InChI is InChI=1S/C46H36N4/c1-2-11-30(12-3-1)43-48-44(50-45(49-43)41-19-8-9-22-47-41)37-21-20-35(33-13-4-5-14-34(33)37)36-16-10-18-40-42(36)38-15-6-7-17-39(38)46(40)31-24-28-23-29(26-31)27-32(46)25-28/h1-22,28-29,31-32H,23-27H2. The van der Waals surface area contributed by atoms with Crippen molar-refractivity contribution in [2.45, 2.75) is 37.5 Å². The molecule has 2 aromatic heterocycles. The summed E-state index contributed by atoms with van der Waals surface area (Å²) in [6.45, 7) is 0. The van der Waals surface area contributed by atoms with E-state index in [9.17, 15) is 0 Å². The minimum absolute atomic E-state index is 0.145. The van der Waals surface area contributed by atoms with E-state index in [1.807, 2.05) is 48.5 Å². The van der Waals surface area contributed by atoms with Crippen LogP contribution in [0.3, 0.4) is 0 Å². The van der Waals surface area contributed by atoms with Crippen LogP contribution < -0.4 is 0 Å². The third kappa shape index (κ3) is 3.99. The first-order chi connectivity index (χ1) is 24.8. The van der Waals surface area contributed by atoms with Crippen LogP contribution in [0, 0.1) is 23.7 Å². The van der Waals surface area contributed by atoms with Crippen molar-refractivity contribution >= 4 is 10.8 Å². The maximum Gasteiger partial charge on any atom is 0.182 e. The zero-order valence-corrected chi connectivity index (χ0v) is 27.8. The Kier molecular flexibility index (Phi) is 6.10. The van der Waals surface area contributed by atoms with Crippen molar-refractivity contribution in [3.05, 3.63) is 145 Å². The number of pyridine rings is 1. The summed E-state index contributed by atoms with van der Waals surface area (Å²) in [5.74, 6) is 5.20. The van der Waals surface area contributed by atoms with Gasteiger partial charge in [-0.2, -0.15) is 0 Å². The summed E-state index contributed by atoms with van der Waals surface area (Å²) in [6, 6.07) is 45.9. The van der Waals surface area contributed by atoms with Gasteiger partial charge in [-0.05, 0) is 118 Å². The molecule has 0 unspecified atom stereocenters. The fourth-order valence-electron chi connectivity index (χ4n) is 11.0. The summed E-state index contributed by atoms with van der Waals surface area (Å²) in [7, 11) is 0. The molecule has 5 aliphatic carbocycles. The summed E-state index contributed by atoms with van der Waals surface area (Å²) in [4.78, 5) is 19.6. The molecule has 4 fully saturated rings. The quantitative estimate of drug-likeness (QED) is 0.191. The molecule has 5 aliphatic rings. The van der Waals surface area contributed by atoms with Gasteiger partial charge in [0, 0.05) is 22.7 Å². The largest absolute Gasteiger partial charge is 0.253 e. The number of benzene rings is 5. The molecule has 4 nitrogen and oxygen atoms in total. The lowest BCUT2D eigenvalue weighted by Crippen LogP contribution is -2.55. The van der Waals surface area contributed by atoms with Crippen molar-refractivity contribution in [3.8, 4) is 56.5 Å². The summed E-state index contributed by atoms with van der Waals surface area (Å²) in [6.07, 6.45) is 8.81. The first-order valence-electron chi connectivity index (χ1n) is 18.2. The number of aromatic nitrogens is 4. The van der Waals surface area contributed by atoms with Gasteiger partial charge in [0.15, 0.2) is 17.5 Å². The summed E-state index contributed by atoms with van der Waals surface area (Å²) in [5.41, 5.74) is 11.5. The van der Waals surface area contributed by atoms with Gasteiger partial charge in [0.1, 0.15) is 5.69 Å². The van der Waals surface area contributed by atoms with E-state index in [-0.39, 0.29) is 5.41 Å². The molecule has 0 aliphatic heterocycles. The smallest absolute Gasteiger partial charge is 0.182 e. The van der Waals surface area contributed by atoms with Crippen molar-refractivity contribution in [1.82, 2.24) is 19.9 Å². The van der Waals surface area contributed by atoms with E-state index >= 15 is 0 Å². The number of fused-ring (bicyclic) bond motifs is 4. The Morgan fingerprint density at radius 1 is 0.440 bits per heavy atom. The third-order valence-electron chi connectivity index (χ3n) is 12.6. The molecule has 0 radical (unpaired) electrons. The zero-order valence-electron chi connectivity index (χ0n) is 27.8. The van der Waals surface area contributed by atoms with Gasteiger partial charge >= 0.3 is 0 Å². The van der Waals surface area contributed by atoms with Crippen molar-refractivity contribution in [3.63, 3.8) is 0 Å². The van der Waals surface area contributed by atoms with Crippen molar-refractivity contribution in [2.24, 2.45) is 23.7 Å². The molecule has 240 valence electrons. The van der Waals surface area contributed by atoms with E-state index in [0.29, 0.717) is 17.5 Å². The monoisotopic (exact) mass is 644 g/mol. The molecule has 2 heterocycles. The lowest BCUT2D eigenvalue weighted by atomic mass is 9.43. The maximum absolute atomic E-state index is 5.09. The first kappa shape index (κ1) is 28.4. The minimum atomic E-state index is 0.145. The van der Waals surface area contributed by atoms with Gasteiger partial charge in [-0.25, -0.2) is 15.0 Å². The molecule has 7 aromatic rings. The van der Waals surface area contributed by atoms with Gasteiger partial charge in [-0.15, -0.1) is 0 Å². The fraction of sp³-hybridized carbons (Fsp3) is 0.217. The molecule has 0 saturated heterocycles. The summed E-state index contributed by atoms with van der Waals surface area (Å²) < 4.78 is 0. The van der Waals surface area contributed by atoms with E-state index in [0.717, 1.165) is 45.9 Å². The topological polar surface area (TPSA) is 51.6 Å². The molecular weight excluding hydrogens is 609 g/mol. The van der Waals surface area contributed by atoms with Gasteiger partial charge in [-0.1, -0.05) is 109 Å². The summed E-state index contributed by atoms with van der Waals surface area (Å²) >= 11 is 0. The molecule has 0 amide bonds. The van der Waals surface area contributed by atoms with Crippen LogP contribution in [0.15, 0.2) is 134 Å². The number of hydrogen-bond donors (Lipinski definition) is 0. The number of nitrogens with zero attached hydrogens (tertiary/aromatic N) is 4. The molecule has 0 N–H and O–H groups in total. The van der Waals surface area contributed by atoms with E-state index in [2.05, 4.69) is 83.8 Å². The Morgan fingerprint density at radius 3 is 1.84 bits per heavy atom. The average molecular weight is 645 g/mol. The highest BCUT2D eigenvalue weighted by atomic mass is 15.0. The second-order valence-corrected chi connectivity index (χ2v) is 15.0. The summed E-state index contributed by atoms with van der Waals surface area (Å²) in [5, 5.41) is 2.35. The molecule has 12 rings (SSSR count).